The summed E-state index contributed by atoms with van der Waals surface area (Å²) in [5.41, 5.74) is 12.8. The Kier molecular flexibility index (Phi) is 7.38. The zero-order valence-corrected chi connectivity index (χ0v) is 13.6. The molecule has 2 heteroatoms. The van der Waals surface area contributed by atoms with E-state index in [0.717, 1.165) is 11.8 Å². The first kappa shape index (κ1) is 17.0. The van der Waals surface area contributed by atoms with Crippen LogP contribution in [-0.4, -0.2) is 12.1 Å². The fourth-order valence-electron chi connectivity index (χ4n) is 4.14. The molecule has 19 heavy (non-hydrogen) atoms. The summed E-state index contributed by atoms with van der Waals surface area (Å²) < 4.78 is 0. The van der Waals surface area contributed by atoms with E-state index in [0.29, 0.717) is 23.9 Å². The van der Waals surface area contributed by atoms with Crippen LogP contribution in [-0.2, 0) is 0 Å². The molecular formula is C17H36N2. The number of hydrogen-bond acceptors (Lipinski definition) is 2. The highest BCUT2D eigenvalue weighted by molar-refractivity contribution is 4.91. The summed E-state index contributed by atoms with van der Waals surface area (Å²) in [6.45, 7) is 8.61. The Morgan fingerprint density at radius 3 is 1.79 bits per heavy atom. The molecule has 2 rings (SSSR count). The van der Waals surface area contributed by atoms with Gasteiger partial charge in [0, 0.05) is 12.1 Å². The number of rotatable bonds is 2. The fourth-order valence-corrected chi connectivity index (χ4v) is 4.14. The lowest BCUT2D eigenvalue weighted by atomic mass is 9.67. The second-order valence-corrected chi connectivity index (χ2v) is 6.74. The molecule has 0 heterocycles. The molecule has 0 amide bonds. The van der Waals surface area contributed by atoms with Crippen LogP contribution in [0.25, 0.3) is 0 Å². The molecule has 2 aliphatic rings. The lowest BCUT2D eigenvalue weighted by Crippen LogP contribution is -2.48. The molecule has 0 radical (unpaired) electrons. The quantitative estimate of drug-likeness (QED) is 0.797. The first-order chi connectivity index (χ1) is 9.09. The Balaban J connectivity index is 0.000000861. The molecule has 2 fully saturated rings. The lowest BCUT2D eigenvalue weighted by Gasteiger charge is -2.42. The third kappa shape index (κ3) is 4.46. The van der Waals surface area contributed by atoms with Crippen LogP contribution in [0.2, 0.25) is 0 Å². The Hall–Kier alpha value is -0.0800. The summed E-state index contributed by atoms with van der Waals surface area (Å²) in [5.74, 6) is 2.82. The lowest BCUT2D eigenvalue weighted by molar-refractivity contribution is 0.129. The van der Waals surface area contributed by atoms with Crippen molar-refractivity contribution in [2.24, 2.45) is 35.1 Å². The van der Waals surface area contributed by atoms with Crippen molar-refractivity contribution in [3.63, 3.8) is 0 Å². The number of nitrogens with two attached hydrogens (primary N) is 2. The van der Waals surface area contributed by atoms with Crippen LogP contribution in [0.1, 0.15) is 72.6 Å². The maximum Gasteiger partial charge on any atom is 0.00958 e. The summed E-state index contributed by atoms with van der Waals surface area (Å²) in [6, 6.07) is 0.831. The van der Waals surface area contributed by atoms with Gasteiger partial charge >= 0.3 is 0 Å². The third-order valence-corrected chi connectivity index (χ3v) is 5.40. The molecular weight excluding hydrogens is 232 g/mol. The predicted octanol–water partition coefficient (Wildman–Crippen LogP) is 3.93. The highest BCUT2D eigenvalue weighted by Crippen LogP contribution is 2.38. The van der Waals surface area contributed by atoms with E-state index >= 15 is 0 Å². The van der Waals surface area contributed by atoms with Gasteiger partial charge in [0.15, 0.2) is 0 Å². The van der Waals surface area contributed by atoms with Gasteiger partial charge in [-0.25, -0.2) is 0 Å². The summed E-state index contributed by atoms with van der Waals surface area (Å²) in [6.07, 6.45) is 9.46. The molecule has 0 saturated heterocycles. The van der Waals surface area contributed by atoms with E-state index in [1.54, 1.807) is 0 Å². The zero-order valence-electron chi connectivity index (χ0n) is 13.6. The van der Waals surface area contributed by atoms with E-state index in [2.05, 4.69) is 13.8 Å². The van der Waals surface area contributed by atoms with Crippen molar-refractivity contribution < 1.29 is 0 Å². The van der Waals surface area contributed by atoms with Crippen LogP contribution < -0.4 is 11.5 Å². The second-order valence-electron chi connectivity index (χ2n) is 6.74. The SMILES string of the molecule is CC.CC1CC(C(N)C2CCCCC2)CC(C)C1N. The highest BCUT2D eigenvalue weighted by Gasteiger charge is 2.36. The molecule has 0 spiro atoms. The smallest absolute Gasteiger partial charge is 0.00958 e. The maximum atomic E-state index is 6.55. The van der Waals surface area contributed by atoms with Gasteiger partial charge in [0.1, 0.15) is 0 Å². The summed E-state index contributed by atoms with van der Waals surface area (Å²) in [7, 11) is 0. The maximum absolute atomic E-state index is 6.55. The zero-order chi connectivity index (χ0) is 14.4. The van der Waals surface area contributed by atoms with E-state index in [9.17, 15) is 0 Å². The first-order valence-corrected chi connectivity index (χ1v) is 8.60. The van der Waals surface area contributed by atoms with Crippen LogP contribution in [0.3, 0.4) is 0 Å². The fraction of sp³-hybridized carbons (Fsp3) is 1.00. The van der Waals surface area contributed by atoms with Crippen molar-refractivity contribution in [2.75, 3.05) is 0 Å². The molecule has 114 valence electrons. The molecule has 3 atom stereocenters. The molecule has 2 saturated carbocycles. The van der Waals surface area contributed by atoms with Crippen LogP contribution in [0.5, 0.6) is 0 Å². The molecule has 0 aromatic rings. The van der Waals surface area contributed by atoms with Crippen LogP contribution in [0.15, 0.2) is 0 Å². The molecule has 2 nitrogen and oxygen atoms in total. The van der Waals surface area contributed by atoms with E-state index in [1.165, 1.54) is 44.9 Å². The first-order valence-electron chi connectivity index (χ1n) is 8.60. The molecule has 0 bridgehead atoms. The Morgan fingerprint density at radius 2 is 1.32 bits per heavy atom. The molecule has 4 N–H and O–H groups in total. The van der Waals surface area contributed by atoms with Crippen molar-refractivity contribution in [3.8, 4) is 0 Å². The predicted molar refractivity (Wildman–Crippen MR) is 84.9 cm³/mol. The highest BCUT2D eigenvalue weighted by atomic mass is 14.7. The second kappa shape index (κ2) is 8.26. The van der Waals surface area contributed by atoms with Gasteiger partial charge in [0.25, 0.3) is 0 Å². The van der Waals surface area contributed by atoms with Crippen molar-refractivity contribution in [1.29, 1.82) is 0 Å². The minimum Gasteiger partial charge on any atom is -0.327 e. The molecule has 0 aliphatic heterocycles. The van der Waals surface area contributed by atoms with Crippen molar-refractivity contribution in [2.45, 2.75) is 84.7 Å². The van der Waals surface area contributed by atoms with Gasteiger partial charge in [-0.2, -0.15) is 0 Å². The Bertz CT molecular complexity index is 223. The minimum atomic E-state index is 0.393. The van der Waals surface area contributed by atoms with Crippen LogP contribution >= 0.6 is 0 Å². The third-order valence-electron chi connectivity index (χ3n) is 5.40. The summed E-state index contributed by atoms with van der Waals surface area (Å²) >= 11 is 0. The van der Waals surface area contributed by atoms with E-state index in [-0.39, 0.29) is 0 Å². The molecule has 0 aromatic carbocycles. The van der Waals surface area contributed by atoms with Crippen molar-refractivity contribution in [1.82, 2.24) is 0 Å². The van der Waals surface area contributed by atoms with Gasteiger partial charge in [-0.3, -0.25) is 0 Å². The Morgan fingerprint density at radius 1 is 0.842 bits per heavy atom. The van der Waals surface area contributed by atoms with Crippen LogP contribution in [0.4, 0.5) is 0 Å². The average molecular weight is 268 g/mol. The van der Waals surface area contributed by atoms with Gasteiger partial charge in [-0.15, -0.1) is 0 Å². The summed E-state index contributed by atoms with van der Waals surface area (Å²) in [4.78, 5) is 0. The van der Waals surface area contributed by atoms with Gasteiger partial charge in [0.2, 0.25) is 0 Å². The largest absolute Gasteiger partial charge is 0.327 e. The minimum absolute atomic E-state index is 0.393. The molecule has 0 aromatic heterocycles. The topological polar surface area (TPSA) is 52.0 Å². The molecule has 2 aliphatic carbocycles. The van der Waals surface area contributed by atoms with Gasteiger partial charge in [-0.1, -0.05) is 47.0 Å². The molecule has 3 unspecified atom stereocenters. The normalized spacial score (nSPS) is 38.2. The summed E-state index contributed by atoms with van der Waals surface area (Å²) in [5, 5.41) is 0. The number of hydrogen-bond donors (Lipinski definition) is 2. The Labute approximate surface area is 120 Å². The van der Waals surface area contributed by atoms with E-state index in [1.807, 2.05) is 13.8 Å². The van der Waals surface area contributed by atoms with Gasteiger partial charge in [0.05, 0.1) is 0 Å². The average Bonchev–Trinajstić information content (AvgIpc) is 2.46. The van der Waals surface area contributed by atoms with E-state index < -0.39 is 0 Å². The van der Waals surface area contributed by atoms with Crippen molar-refractivity contribution >= 4 is 0 Å². The van der Waals surface area contributed by atoms with Crippen LogP contribution in [0, 0.1) is 23.7 Å². The van der Waals surface area contributed by atoms with E-state index in [4.69, 9.17) is 11.5 Å². The standard InChI is InChI=1S/C15H30N2.C2H6/c1-10-8-13(9-11(2)14(10)16)15(17)12-6-4-3-5-7-12;1-2/h10-15H,3-9,16-17H2,1-2H3;1-2H3. The van der Waals surface area contributed by atoms with Gasteiger partial charge < -0.3 is 11.5 Å². The van der Waals surface area contributed by atoms with Gasteiger partial charge in [-0.05, 0) is 49.4 Å². The van der Waals surface area contributed by atoms with Crippen molar-refractivity contribution in [3.05, 3.63) is 0 Å². The monoisotopic (exact) mass is 268 g/mol.